The maximum atomic E-state index is 13.0. The molecule has 0 unspecified atom stereocenters. The molecule has 1 heterocycles. The van der Waals surface area contributed by atoms with Crippen molar-refractivity contribution in [2.24, 2.45) is 0 Å². The van der Waals surface area contributed by atoms with Crippen molar-refractivity contribution >= 4 is 11.6 Å². The largest absolute Gasteiger partial charge is 0.379 e. The molecule has 1 aromatic rings. The van der Waals surface area contributed by atoms with Crippen molar-refractivity contribution in [2.45, 2.75) is 11.8 Å². The van der Waals surface area contributed by atoms with Gasteiger partial charge in [-0.1, -0.05) is 12.1 Å². The Morgan fingerprint density at radius 2 is 2.21 bits per heavy atom. The highest BCUT2D eigenvalue weighted by atomic mass is 35.5. The Balaban J connectivity index is 2.27. The van der Waals surface area contributed by atoms with Crippen LogP contribution in [0.1, 0.15) is 12.0 Å². The summed E-state index contributed by atoms with van der Waals surface area (Å²) in [5.41, 5.74) is 0.966. The Labute approximate surface area is 87.8 Å². The molecule has 1 aliphatic heterocycles. The molecule has 0 spiro atoms. The summed E-state index contributed by atoms with van der Waals surface area (Å²) in [4.78, 5) is 0. The Morgan fingerprint density at radius 3 is 2.71 bits per heavy atom. The van der Waals surface area contributed by atoms with Crippen LogP contribution >= 0.6 is 11.6 Å². The molecule has 0 saturated carbocycles. The average Bonchev–Trinajstić information content (AvgIpc) is 2.11. The van der Waals surface area contributed by atoms with Crippen molar-refractivity contribution < 1.29 is 9.13 Å². The summed E-state index contributed by atoms with van der Waals surface area (Å²) in [6, 6.07) is 6.71. The van der Waals surface area contributed by atoms with Gasteiger partial charge in [0.2, 0.25) is 0 Å². The lowest BCUT2D eigenvalue weighted by Gasteiger charge is -2.41. The third-order valence-corrected chi connectivity index (χ3v) is 2.96. The highest BCUT2D eigenvalue weighted by Gasteiger charge is 2.39. The highest BCUT2D eigenvalue weighted by molar-refractivity contribution is 6.17. The van der Waals surface area contributed by atoms with E-state index >= 15 is 0 Å². The fourth-order valence-electron chi connectivity index (χ4n) is 1.80. The van der Waals surface area contributed by atoms with Gasteiger partial charge in [0.05, 0.1) is 13.2 Å². The molecule has 3 heteroatoms. The zero-order chi connectivity index (χ0) is 10.0. The number of benzene rings is 1. The molecule has 0 N–H and O–H groups in total. The number of alkyl halides is 1. The van der Waals surface area contributed by atoms with Gasteiger partial charge in [-0.3, -0.25) is 0 Å². The number of hydrogen-bond donors (Lipinski definition) is 0. The molecule has 0 bridgehead atoms. The van der Waals surface area contributed by atoms with Gasteiger partial charge < -0.3 is 4.74 Å². The highest BCUT2D eigenvalue weighted by Crippen LogP contribution is 2.36. The van der Waals surface area contributed by atoms with Crippen LogP contribution in [0.5, 0.6) is 0 Å². The summed E-state index contributed by atoms with van der Waals surface area (Å²) in [7, 11) is 0. The van der Waals surface area contributed by atoms with Crippen molar-refractivity contribution in [3.63, 3.8) is 0 Å². The Kier molecular flexibility index (Phi) is 2.75. The van der Waals surface area contributed by atoms with Crippen LogP contribution in [-0.4, -0.2) is 19.1 Å². The molecule has 0 atom stereocenters. The molecule has 0 amide bonds. The van der Waals surface area contributed by atoms with Crippen molar-refractivity contribution in [1.82, 2.24) is 0 Å². The van der Waals surface area contributed by atoms with Gasteiger partial charge in [-0.05, 0) is 24.1 Å². The topological polar surface area (TPSA) is 9.23 Å². The predicted octanol–water partition coefficient (Wildman–Crippen LogP) is 2.72. The van der Waals surface area contributed by atoms with Gasteiger partial charge in [0, 0.05) is 11.3 Å². The standard InChI is InChI=1S/C11H12ClFO/c12-5-4-11(7-14-8-11)9-2-1-3-10(13)6-9/h1-3,6H,4-5,7-8H2. The lowest BCUT2D eigenvalue weighted by Crippen LogP contribution is -2.47. The Hall–Kier alpha value is -0.600. The maximum absolute atomic E-state index is 13.0. The van der Waals surface area contributed by atoms with Crippen LogP contribution in [0.2, 0.25) is 0 Å². The maximum Gasteiger partial charge on any atom is 0.123 e. The summed E-state index contributed by atoms with van der Waals surface area (Å²) in [6.07, 6.45) is 0.845. The van der Waals surface area contributed by atoms with Crippen LogP contribution in [0.3, 0.4) is 0 Å². The molecular weight excluding hydrogens is 203 g/mol. The van der Waals surface area contributed by atoms with Gasteiger partial charge >= 0.3 is 0 Å². The summed E-state index contributed by atoms with van der Waals surface area (Å²) >= 11 is 5.74. The quantitative estimate of drug-likeness (QED) is 0.703. The SMILES string of the molecule is Fc1cccc(C2(CCCl)COC2)c1. The lowest BCUT2D eigenvalue weighted by atomic mass is 9.76. The van der Waals surface area contributed by atoms with E-state index in [9.17, 15) is 4.39 Å². The molecule has 1 nitrogen and oxygen atoms in total. The number of hydrogen-bond acceptors (Lipinski definition) is 1. The molecule has 0 aliphatic carbocycles. The van der Waals surface area contributed by atoms with Crippen molar-refractivity contribution in [3.05, 3.63) is 35.6 Å². The van der Waals surface area contributed by atoms with Crippen LogP contribution in [0.4, 0.5) is 4.39 Å². The van der Waals surface area contributed by atoms with E-state index in [2.05, 4.69) is 0 Å². The number of ether oxygens (including phenoxy) is 1. The second-order valence-electron chi connectivity index (χ2n) is 3.72. The first kappa shape index (κ1) is 9.94. The van der Waals surface area contributed by atoms with E-state index < -0.39 is 0 Å². The van der Waals surface area contributed by atoms with Crippen LogP contribution in [0.15, 0.2) is 24.3 Å². The molecule has 0 aromatic heterocycles. The molecule has 1 aliphatic rings. The van der Waals surface area contributed by atoms with Crippen LogP contribution < -0.4 is 0 Å². The molecule has 14 heavy (non-hydrogen) atoms. The van der Waals surface area contributed by atoms with Gasteiger partial charge in [0.15, 0.2) is 0 Å². The average molecular weight is 215 g/mol. The van der Waals surface area contributed by atoms with Gasteiger partial charge in [-0.15, -0.1) is 11.6 Å². The van der Waals surface area contributed by atoms with Crippen LogP contribution in [-0.2, 0) is 10.2 Å². The minimum absolute atomic E-state index is 0.0378. The molecular formula is C11H12ClFO. The smallest absolute Gasteiger partial charge is 0.123 e. The monoisotopic (exact) mass is 214 g/mol. The number of halogens is 2. The zero-order valence-corrected chi connectivity index (χ0v) is 8.56. The Bertz CT molecular complexity index is 323. The third-order valence-electron chi connectivity index (χ3n) is 2.77. The second-order valence-corrected chi connectivity index (χ2v) is 4.10. The molecule has 1 saturated heterocycles. The van der Waals surface area contributed by atoms with E-state index in [0.717, 1.165) is 12.0 Å². The van der Waals surface area contributed by atoms with E-state index in [1.165, 1.54) is 6.07 Å². The van der Waals surface area contributed by atoms with Gasteiger partial charge in [0.25, 0.3) is 0 Å². The zero-order valence-electron chi connectivity index (χ0n) is 7.80. The van der Waals surface area contributed by atoms with Crippen molar-refractivity contribution in [2.75, 3.05) is 19.1 Å². The second kappa shape index (κ2) is 3.87. The van der Waals surface area contributed by atoms with E-state index in [0.29, 0.717) is 19.1 Å². The minimum Gasteiger partial charge on any atom is -0.379 e. The summed E-state index contributed by atoms with van der Waals surface area (Å²) in [6.45, 7) is 1.31. The third kappa shape index (κ3) is 1.64. The molecule has 1 aromatic carbocycles. The molecule has 2 rings (SSSR count). The number of rotatable bonds is 3. The van der Waals surface area contributed by atoms with Gasteiger partial charge in [-0.25, -0.2) is 4.39 Å². The predicted molar refractivity (Wildman–Crippen MR) is 54.2 cm³/mol. The Morgan fingerprint density at radius 1 is 1.43 bits per heavy atom. The molecule has 76 valence electrons. The fourth-order valence-corrected chi connectivity index (χ4v) is 2.16. The first-order chi connectivity index (χ1) is 6.77. The van der Waals surface area contributed by atoms with Gasteiger partial charge in [0.1, 0.15) is 5.82 Å². The fraction of sp³-hybridized carbons (Fsp3) is 0.455. The summed E-state index contributed by atoms with van der Waals surface area (Å²) in [5, 5.41) is 0. The molecule has 0 radical (unpaired) electrons. The normalized spacial score (nSPS) is 19.0. The van der Waals surface area contributed by atoms with Gasteiger partial charge in [-0.2, -0.15) is 0 Å². The van der Waals surface area contributed by atoms with Crippen LogP contribution in [0, 0.1) is 5.82 Å². The lowest BCUT2D eigenvalue weighted by molar-refractivity contribution is -0.0616. The van der Waals surface area contributed by atoms with E-state index in [1.54, 1.807) is 12.1 Å². The summed E-state index contributed by atoms with van der Waals surface area (Å²) in [5.74, 6) is 0.392. The summed E-state index contributed by atoms with van der Waals surface area (Å²) < 4.78 is 18.2. The van der Waals surface area contributed by atoms with E-state index in [4.69, 9.17) is 16.3 Å². The van der Waals surface area contributed by atoms with E-state index in [-0.39, 0.29) is 11.2 Å². The van der Waals surface area contributed by atoms with E-state index in [1.807, 2.05) is 6.07 Å². The minimum atomic E-state index is -0.191. The van der Waals surface area contributed by atoms with Crippen molar-refractivity contribution in [1.29, 1.82) is 0 Å². The molecule has 1 fully saturated rings. The first-order valence-corrected chi connectivity index (χ1v) is 5.20. The van der Waals surface area contributed by atoms with Crippen molar-refractivity contribution in [3.8, 4) is 0 Å². The van der Waals surface area contributed by atoms with Crippen LogP contribution in [0.25, 0.3) is 0 Å². The first-order valence-electron chi connectivity index (χ1n) is 4.67.